The summed E-state index contributed by atoms with van der Waals surface area (Å²) in [6.07, 6.45) is -1.02. The van der Waals surface area contributed by atoms with E-state index in [-0.39, 0.29) is 17.3 Å². The number of hydrogen-bond donors (Lipinski definition) is 2. The molecule has 5 heterocycles. The molecule has 0 bridgehead atoms. The Balaban J connectivity index is 1.81. The highest BCUT2D eigenvalue weighted by atomic mass is 19.4. The molecule has 0 unspecified atom stereocenters. The lowest BCUT2D eigenvalue weighted by molar-refractivity contribution is -0.141. The number of aliphatic hydroxyl groups excluding tert-OH is 1. The van der Waals surface area contributed by atoms with Crippen LogP contribution in [0, 0.1) is 0 Å². The largest absolute Gasteiger partial charge is 0.408 e. The number of aryl methyl sites for hydroxylation is 1. The van der Waals surface area contributed by atoms with Gasteiger partial charge >= 0.3 is 6.18 Å². The molecule has 0 spiro atoms. The smallest absolute Gasteiger partial charge is 0.393 e. The van der Waals surface area contributed by atoms with Gasteiger partial charge in [0, 0.05) is 25.8 Å². The number of anilines is 1. The average Bonchev–Trinajstić information content (AvgIpc) is 3.47. The van der Waals surface area contributed by atoms with Crippen molar-refractivity contribution in [3.05, 3.63) is 24.7 Å². The fourth-order valence-electron chi connectivity index (χ4n) is 4.38. The van der Waals surface area contributed by atoms with E-state index in [4.69, 9.17) is 0 Å². The lowest BCUT2D eigenvalue weighted by atomic mass is 9.99. The Morgan fingerprint density at radius 2 is 2.12 bits per heavy atom. The summed E-state index contributed by atoms with van der Waals surface area (Å²) in [7, 11) is 1.72. The van der Waals surface area contributed by atoms with E-state index in [9.17, 15) is 18.3 Å². The first-order valence-electron chi connectivity index (χ1n) is 10.5. The summed E-state index contributed by atoms with van der Waals surface area (Å²) < 4.78 is 43.0. The molecule has 174 valence electrons. The van der Waals surface area contributed by atoms with Crippen LogP contribution in [0.25, 0.3) is 33.9 Å². The minimum absolute atomic E-state index is 0.100. The Labute approximate surface area is 186 Å². The van der Waals surface area contributed by atoms with Crippen LogP contribution in [-0.4, -0.2) is 69.7 Å². The summed E-state index contributed by atoms with van der Waals surface area (Å²) in [5.41, 5.74) is 2.31. The predicted molar refractivity (Wildman–Crippen MR) is 113 cm³/mol. The van der Waals surface area contributed by atoms with Gasteiger partial charge in [0.05, 0.1) is 17.5 Å². The number of hydrogen-bond acceptors (Lipinski definition) is 7. The van der Waals surface area contributed by atoms with E-state index in [0.717, 1.165) is 4.68 Å². The van der Waals surface area contributed by atoms with Gasteiger partial charge in [0.1, 0.15) is 35.3 Å². The number of pyridine rings is 1. The monoisotopic (exact) mass is 461 g/mol. The van der Waals surface area contributed by atoms with Gasteiger partial charge < -0.3 is 10.0 Å². The third-order valence-corrected chi connectivity index (χ3v) is 5.86. The SMILES string of the molecule is C[C@@H]1C[C@@H](O)CCN1c1cc(-c2ncnn2C)nc2c(-c3ccn[nH]3)nn(CC(F)(F)F)c12. The molecule has 13 heteroatoms. The molecule has 1 saturated heterocycles. The number of aromatic nitrogens is 8. The topological polar surface area (TPSA) is 114 Å². The Hall–Kier alpha value is -3.48. The van der Waals surface area contributed by atoms with Crippen molar-refractivity contribution < 1.29 is 18.3 Å². The van der Waals surface area contributed by atoms with Crippen molar-refractivity contribution in [3.63, 3.8) is 0 Å². The number of aliphatic hydroxyl groups is 1. The molecule has 0 aromatic carbocycles. The molecule has 33 heavy (non-hydrogen) atoms. The van der Waals surface area contributed by atoms with Crippen molar-refractivity contribution in [2.24, 2.45) is 7.05 Å². The molecule has 2 atom stereocenters. The van der Waals surface area contributed by atoms with Gasteiger partial charge in [-0.2, -0.15) is 28.5 Å². The molecule has 4 aromatic heterocycles. The third kappa shape index (κ3) is 3.92. The Morgan fingerprint density at radius 1 is 1.30 bits per heavy atom. The average molecular weight is 461 g/mol. The summed E-state index contributed by atoms with van der Waals surface area (Å²) in [5, 5.41) is 25.2. The van der Waals surface area contributed by atoms with Crippen molar-refractivity contribution in [1.82, 2.24) is 39.7 Å². The van der Waals surface area contributed by atoms with Gasteiger partial charge in [0.15, 0.2) is 5.82 Å². The van der Waals surface area contributed by atoms with Crippen LogP contribution in [0.4, 0.5) is 18.9 Å². The second-order valence-electron chi connectivity index (χ2n) is 8.24. The third-order valence-electron chi connectivity index (χ3n) is 5.86. The lowest BCUT2D eigenvalue weighted by Crippen LogP contribution is -2.43. The number of halogens is 3. The Bertz CT molecular complexity index is 1280. The molecule has 1 aliphatic rings. The van der Waals surface area contributed by atoms with Crippen LogP contribution in [0.1, 0.15) is 19.8 Å². The van der Waals surface area contributed by atoms with Crippen LogP contribution in [0.3, 0.4) is 0 Å². The normalized spacial score (nSPS) is 19.5. The Kier molecular flexibility index (Phi) is 5.07. The van der Waals surface area contributed by atoms with Crippen LogP contribution in [-0.2, 0) is 13.6 Å². The molecule has 4 aromatic rings. The van der Waals surface area contributed by atoms with Gasteiger partial charge in [0.2, 0.25) is 0 Å². The van der Waals surface area contributed by atoms with Gasteiger partial charge in [0.25, 0.3) is 0 Å². The maximum Gasteiger partial charge on any atom is 0.408 e. The molecule has 1 aliphatic heterocycles. The van der Waals surface area contributed by atoms with Gasteiger partial charge in [-0.05, 0) is 31.9 Å². The highest BCUT2D eigenvalue weighted by Crippen LogP contribution is 2.38. The number of fused-ring (bicyclic) bond motifs is 1. The maximum absolute atomic E-state index is 13.5. The van der Waals surface area contributed by atoms with E-state index >= 15 is 0 Å². The van der Waals surface area contributed by atoms with E-state index in [1.165, 1.54) is 12.5 Å². The molecule has 0 aliphatic carbocycles. The number of nitrogens with one attached hydrogen (secondary N) is 1. The van der Waals surface area contributed by atoms with Gasteiger partial charge in [-0.1, -0.05) is 0 Å². The standard InChI is InChI=1S/C20H22F3N9O/c1-11-7-12(33)4-6-31(11)15-8-14(19-24-10-26-30(19)2)27-17-16(13-3-5-25-28-13)29-32(18(15)17)9-20(21,22)23/h3,5,8,10-12,33H,4,6-7,9H2,1-2H3,(H,25,28)/t11-,12+/m1/s1. The predicted octanol–water partition coefficient (Wildman–Crippen LogP) is 2.53. The van der Waals surface area contributed by atoms with Crippen LogP contribution in [0.2, 0.25) is 0 Å². The summed E-state index contributed by atoms with van der Waals surface area (Å²) in [4.78, 5) is 11.0. The molecule has 0 saturated carbocycles. The summed E-state index contributed by atoms with van der Waals surface area (Å²) >= 11 is 0. The number of rotatable bonds is 4. The van der Waals surface area contributed by atoms with Crippen molar-refractivity contribution in [2.75, 3.05) is 11.4 Å². The van der Waals surface area contributed by atoms with E-state index in [1.54, 1.807) is 23.9 Å². The zero-order valence-corrected chi connectivity index (χ0v) is 18.0. The molecule has 1 fully saturated rings. The fourth-order valence-corrected chi connectivity index (χ4v) is 4.38. The van der Waals surface area contributed by atoms with E-state index in [1.807, 2.05) is 11.8 Å². The van der Waals surface area contributed by atoms with Crippen molar-refractivity contribution in [3.8, 4) is 22.9 Å². The molecular formula is C20H22F3N9O. The van der Waals surface area contributed by atoms with Crippen LogP contribution in [0.5, 0.6) is 0 Å². The van der Waals surface area contributed by atoms with E-state index < -0.39 is 18.8 Å². The van der Waals surface area contributed by atoms with Crippen molar-refractivity contribution in [2.45, 2.75) is 44.6 Å². The second kappa shape index (κ2) is 7.83. The summed E-state index contributed by atoms with van der Waals surface area (Å²) in [6.45, 7) is 1.16. The van der Waals surface area contributed by atoms with Gasteiger partial charge in [-0.3, -0.25) is 9.78 Å². The zero-order chi connectivity index (χ0) is 23.3. The van der Waals surface area contributed by atoms with E-state index in [0.29, 0.717) is 47.8 Å². The molecule has 10 nitrogen and oxygen atoms in total. The minimum Gasteiger partial charge on any atom is -0.393 e. The fraction of sp³-hybridized carbons (Fsp3) is 0.450. The quantitative estimate of drug-likeness (QED) is 0.480. The zero-order valence-electron chi connectivity index (χ0n) is 18.0. The van der Waals surface area contributed by atoms with Crippen LogP contribution >= 0.6 is 0 Å². The molecule has 0 radical (unpaired) electrons. The number of alkyl halides is 3. The van der Waals surface area contributed by atoms with Gasteiger partial charge in [-0.25, -0.2) is 14.6 Å². The number of nitrogens with zero attached hydrogens (tertiary/aromatic N) is 8. The van der Waals surface area contributed by atoms with Gasteiger partial charge in [-0.15, -0.1) is 0 Å². The summed E-state index contributed by atoms with van der Waals surface area (Å²) in [6, 6.07) is 3.26. The first kappa shape index (κ1) is 21.4. The van der Waals surface area contributed by atoms with E-state index in [2.05, 4.69) is 30.4 Å². The molecular weight excluding hydrogens is 439 g/mol. The first-order valence-corrected chi connectivity index (χ1v) is 10.5. The van der Waals surface area contributed by atoms with Crippen LogP contribution < -0.4 is 4.90 Å². The molecule has 2 N–H and O–H groups in total. The highest BCUT2D eigenvalue weighted by molar-refractivity contribution is 5.98. The number of H-pyrrole nitrogens is 1. The number of piperidine rings is 1. The Morgan fingerprint density at radius 3 is 2.76 bits per heavy atom. The first-order chi connectivity index (χ1) is 15.7. The number of aromatic amines is 1. The van der Waals surface area contributed by atoms with Crippen molar-refractivity contribution in [1.29, 1.82) is 0 Å². The van der Waals surface area contributed by atoms with Crippen molar-refractivity contribution >= 4 is 16.7 Å². The molecule has 5 rings (SSSR count). The maximum atomic E-state index is 13.5. The lowest BCUT2D eigenvalue weighted by Gasteiger charge is -2.38. The molecule has 0 amide bonds. The minimum atomic E-state index is -4.48. The second-order valence-corrected chi connectivity index (χ2v) is 8.24. The van der Waals surface area contributed by atoms with Crippen LogP contribution in [0.15, 0.2) is 24.7 Å². The summed E-state index contributed by atoms with van der Waals surface area (Å²) in [5.74, 6) is 0.474. The highest BCUT2D eigenvalue weighted by Gasteiger charge is 2.34.